The first kappa shape index (κ1) is 38.3. The third-order valence-electron chi connectivity index (χ3n) is 8.78. The average Bonchev–Trinajstić information content (AvgIpc) is 4.03. The van der Waals surface area contributed by atoms with E-state index in [0.717, 1.165) is 30.5 Å². The van der Waals surface area contributed by atoms with Crippen molar-refractivity contribution in [2.45, 2.75) is 25.7 Å². The highest BCUT2D eigenvalue weighted by Crippen LogP contribution is 2.41. The van der Waals surface area contributed by atoms with Crippen LogP contribution in [0.2, 0.25) is 5.02 Å². The molecule has 1 saturated carbocycles. The van der Waals surface area contributed by atoms with E-state index >= 15 is 0 Å². The van der Waals surface area contributed by atoms with Gasteiger partial charge < -0.3 is 25.6 Å². The van der Waals surface area contributed by atoms with Gasteiger partial charge in [0.1, 0.15) is 57.3 Å². The number of ether oxygens (including phenoxy) is 1. The van der Waals surface area contributed by atoms with Crippen LogP contribution >= 0.6 is 11.6 Å². The molecule has 280 valence electrons. The summed E-state index contributed by atoms with van der Waals surface area (Å²) in [7, 11) is 1.51. The molecular weight excluding hydrogens is 740 g/mol. The zero-order valence-corrected chi connectivity index (χ0v) is 29.9. The van der Waals surface area contributed by atoms with E-state index in [-0.39, 0.29) is 33.9 Å². The highest BCUT2D eigenvalue weighted by molar-refractivity contribution is 6.33. The van der Waals surface area contributed by atoms with Crippen LogP contribution in [0, 0.1) is 30.2 Å². The maximum atomic E-state index is 14.9. The van der Waals surface area contributed by atoms with Crippen molar-refractivity contribution in [2.24, 2.45) is 0 Å². The van der Waals surface area contributed by atoms with E-state index in [4.69, 9.17) is 16.3 Å². The van der Waals surface area contributed by atoms with Gasteiger partial charge in [-0.2, -0.15) is 0 Å². The molecule has 1 aliphatic rings. The number of halogens is 5. The number of hydrogen-bond donors (Lipinski definition) is 4. The van der Waals surface area contributed by atoms with E-state index in [2.05, 4.69) is 20.6 Å². The minimum atomic E-state index is -1.25. The molecule has 0 unspecified atom stereocenters. The van der Waals surface area contributed by atoms with Crippen molar-refractivity contribution >= 4 is 46.6 Å². The second kappa shape index (κ2) is 16.3. The van der Waals surface area contributed by atoms with Gasteiger partial charge >= 0.3 is 11.9 Å². The average molecular weight is 771 g/mol. The summed E-state index contributed by atoms with van der Waals surface area (Å²) in [6, 6.07) is 21.3. The van der Waals surface area contributed by atoms with E-state index in [1.807, 2.05) is 0 Å². The van der Waals surface area contributed by atoms with Gasteiger partial charge in [0.25, 0.3) is 0 Å². The van der Waals surface area contributed by atoms with Crippen LogP contribution in [0.25, 0.3) is 22.3 Å². The van der Waals surface area contributed by atoms with Gasteiger partial charge in [-0.25, -0.2) is 37.1 Å². The van der Waals surface area contributed by atoms with Crippen molar-refractivity contribution in [3.05, 3.63) is 148 Å². The van der Waals surface area contributed by atoms with Gasteiger partial charge in [-0.1, -0.05) is 41.9 Å². The van der Waals surface area contributed by atoms with E-state index in [1.54, 1.807) is 54.7 Å². The molecule has 0 atom stereocenters. The molecule has 0 amide bonds. The summed E-state index contributed by atoms with van der Waals surface area (Å²) in [5.74, 6) is -5.29. The number of aromatic nitrogens is 2. The lowest BCUT2D eigenvalue weighted by molar-refractivity contribution is 0.0686. The van der Waals surface area contributed by atoms with Crippen molar-refractivity contribution in [3.8, 4) is 28.0 Å². The number of pyridine rings is 2. The quantitative estimate of drug-likeness (QED) is 0.100. The molecule has 4 N–H and O–H groups in total. The first-order chi connectivity index (χ1) is 26.4. The van der Waals surface area contributed by atoms with Crippen LogP contribution in [0.4, 0.5) is 40.6 Å². The Morgan fingerprint density at radius 2 is 1.40 bits per heavy atom. The Kier molecular flexibility index (Phi) is 11.3. The number of carboxylic acid groups (broad SMARTS) is 2. The Morgan fingerprint density at radius 3 is 2.05 bits per heavy atom. The number of benzene rings is 4. The number of nitrogens with one attached hydrogen (secondary N) is 2. The number of carbonyl (C=O) groups is 2. The van der Waals surface area contributed by atoms with Crippen molar-refractivity contribution in [1.82, 2.24) is 9.97 Å². The molecule has 0 spiro atoms. The third kappa shape index (κ3) is 8.52. The smallest absolute Gasteiger partial charge is 0.339 e. The Bertz CT molecular complexity index is 2420. The number of rotatable bonds is 10. The summed E-state index contributed by atoms with van der Waals surface area (Å²) in [6.45, 7) is 1.52. The summed E-state index contributed by atoms with van der Waals surface area (Å²) in [5.41, 5.74) is 1.52. The van der Waals surface area contributed by atoms with Crippen LogP contribution < -0.4 is 15.4 Å². The molecule has 0 radical (unpaired) electrons. The molecule has 0 aliphatic heterocycles. The molecule has 2 aromatic heterocycles. The summed E-state index contributed by atoms with van der Waals surface area (Å²) < 4.78 is 64.0. The van der Waals surface area contributed by atoms with Crippen LogP contribution in [-0.4, -0.2) is 39.2 Å². The molecule has 0 saturated heterocycles. The first-order valence-electron chi connectivity index (χ1n) is 16.7. The Morgan fingerprint density at radius 1 is 0.745 bits per heavy atom. The lowest BCUT2D eigenvalue weighted by Crippen LogP contribution is -2.08. The second-order valence-electron chi connectivity index (χ2n) is 12.4. The van der Waals surface area contributed by atoms with Crippen molar-refractivity contribution in [1.29, 1.82) is 0 Å². The standard InChI is InChI=1S/C21H15ClF2N2O2.C20H16F2N2O3/c22-16-4-2-1-3-14(16)12-8-17(23)19(18(24)9-12)26-20-15(21(27)28)7-13(10-25-20)11-5-6-11;1-11-15(12-5-3-6-13(9-12)27-2)10-16(21)18(17(11)22)24-19-14(20(25)26)7-4-8-23-19/h1-4,7-11H,5-6H2,(H,25,26)(H,27,28);3-10H,1-2H3,(H,23,24)(H,25,26). The highest BCUT2D eigenvalue weighted by atomic mass is 35.5. The zero-order chi connectivity index (χ0) is 39.4. The molecule has 1 fully saturated rings. The summed E-state index contributed by atoms with van der Waals surface area (Å²) in [5, 5.41) is 24.0. The fourth-order valence-corrected chi connectivity index (χ4v) is 6.01. The molecular formula is C41H31ClF4N4O5. The second-order valence-corrected chi connectivity index (χ2v) is 12.9. The predicted octanol–water partition coefficient (Wildman–Crippen LogP) is 10.8. The predicted molar refractivity (Wildman–Crippen MR) is 201 cm³/mol. The SMILES string of the molecule is COc1cccc(-c2cc(F)c(Nc3ncccc3C(=O)O)c(F)c2C)c1.O=C(O)c1cc(C2CC2)cnc1Nc1c(F)cc(-c2ccccc2Cl)cc1F. The minimum absolute atomic E-state index is 0.111. The molecule has 6 aromatic rings. The number of carboxylic acids is 2. The van der Waals surface area contributed by atoms with Gasteiger partial charge in [0.05, 0.1) is 7.11 Å². The zero-order valence-electron chi connectivity index (χ0n) is 29.1. The number of hydrogen-bond acceptors (Lipinski definition) is 7. The van der Waals surface area contributed by atoms with E-state index in [9.17, 15) is 37.4 Å². The largest absolute Gasteiger partial charge is 0.497 e. The molecule has 55 heavy (non-hydrogen) atoms. The summed E-state index contributed by atoms with van der Waals surface area (Å²) in [6.07, 6.45) is 4.85. The number of nitrogens with zero attached hydrogens (tertiary/aromatic N) is 2. The molecule has 0 bridgehead atoms. The molecule has 1 aliphatic carbocycles. The van der Waals surface area contributed by atoms with Gasteiger partial charge in [-0.3, -0.25) is 0 Å². The molecule has 14 heteroatoms. The first-order valence-corrected chi connectivity index (χ1v) is 17.1. The summed E-state index contributed by atoms with van der Waals surface area (Å²) in [4.78, 5) is 30.8. The number of aromatic carboxylic acids is 2. The maximum absolute atomic E-state index is 14.9. The minimum Gasteiger partial charge on any atom is -0.497 e. The topological polar surface area (TPSA) is 134 Å². The van der Waals surface area contributed by atoms with Crippen LogP contribution in [0.5, 0.6) is 5.75 Å². The van der Waals surface area contributed by atoms with Crippen LogP contribution in [0.3, 0.4) is 0 Å². The Labute approximate surface area is 317 Å². The molecule has 9 nitrogen and oxygen atoms in total. The fourth-order valence-electron chi connectivity index (χ4n) is 5.76. The third-order valence-corrected chi connectivity index (χ3v) is 9.11. The van der Waals surface area contributed by atoms with Gasteiger partial charge in [-0.15, -0.1) is 0 Å². The molecule has 7 rings (SSSR count). The van der Waals surface area contributed by atoms with Gasteiger partial charge in [0.2, 0.25) is 0 Å². The van der Waals surface area contributed by atoms with Gasteiger partial charge in [0.15, 0.2) is 5.82 Å². The normalized spacial score (nSPS) is 12.0. The molecule has 4 aromatic carbocycles. The lowest BCUT2D eigenvalue weighted by atomic mass is 9.98. The van der Waals surface area contributed by atoms with Crippen LogP contribution in [0.15, 0.2) is 97.3 Å². The Balaban J connectivity index is 0.000000187. The number of methoxy groups -OCH3 is 1. The highest BCUT2D eigenvalue weighted by Gasteiger charge is 2.27. The van der Waals surface area contributed by atoms with Crippen LogP contribution in [0.1, 0.15) is 50.6 Å². The Hall–Kier alpha value is -6.47. The fraction of sp³-hybridized carbons (Fsp3) is 0.122. The molecule has 2 heterocycles. The maximum Gasteiger partial charge on any atom is 0.339 e. The van der Waals surface area contributed by atoms with Crippen molar-refractivity contribution < 1.29 is 42.1 Å². The van der Waals surface area contributed by atoms with E-state index in [0.29, 0.717) is 33.4 Å². The monoisotopic (exact) mass is 770 g/mol. The van der Waals surface area contributed by atoms with E-state index in [1.165, 1.54) is 44.5 Å². The van der Waals surface area contributed by atoms with E-state index < -0.39 is 46.6 Å². The summed E-state index contributed by atoms with van der Waals surface area (Å²) >= 11 is 6.10. The van der Waals surface area contributed by atoms with Crippen molar-refractivity contribution in [2.75, 3.05) is 17.7 Å². The van der Waals surface area contributed by atoms with Gasteiger partial charge in [0, 0.05) is 23.0 Å². The van der Waals surface area contributed by atoms with Crippen molar-refractivity contribution in [3.63, 3.8) is 0 Å². The lowest BCUT2D eigenvalue weighted by Gasteiger charge is -2.15. The van der Waals surface area contributed by atoms with Crippen LogP contribution in [-0.2, 0) is 0 Å². The van der Waals surface area contributed by atoms with Gasteiger partial charge in [-0.05, 0) is 108 Å². The number of anilines is 4.